The average molecular weight is 322 g/mol. The Morgan fingerprint density at radius 1 is 1.14 bits per heavy atom. The van der Waals surface area contributed by atoms with E-state index >= 15 is 0 Å². The smallest absolute Gasteiger partial charge is 0.389 e. The maximum atomic E-state index is 12.8. The third-order valence-corrected chi connectivity index (χ3v) is 3.28. The summed E-state index contributed by atoms with van der Waals surface area (Å²) in [6.45, 7) is 0. The summed E-state index contributed by atoms with van der Waals surface area (Å²) in [5.74, 6) is -1.23. The van der Waals surface area contributed by atoms with Crippen molar-refractivity contribution in [3.63, 3.8) is 0 Å². The van der Waals surface area contributed by atoms with E-state index in [0.717, 1.165) is 10.1 Å². The van der Waals surface area contributed by atoms with Gasteiger partial charge >= 0.3 is 6.18 Å². The lowest BCUT2D eigenvalue weighted by atomic mass is 10.1. The number of thiocarbonyl (C=S) groups is 1. The van der Waals surface area contributed by atoms with Gasteiger partial charge in [-0.05, 0) is 11.6 Å². The lowest BCUT2D eigenvalue weighted by Crippen LogP contribution is -2.12. The molecule has 3 aromatic rings. The predicted octanol–water partition coefficient (Wildman–Crippen LogP) is 3.05. The van der Waals surface area contributed by atoms with Crippen LogP contribution in [0.5, 0.6) is 0 Å². The number of fused-ring (bicyclic) bond motifs is 1. The number of halogens is 3. The second kappa shape index (κ2) is 5.06. The molecular formula is C14H9F3N4S. The SMILES string of the molecule is NC(=S)c1cc(-c2ccccc2)cn2nc(C(F)(F)F)nc12. The number of aromatic nitrogens is 3. The van der Waals surface area contributed by atoms with Crippen LogP contribution in [0.2, 0.25) is 0 Å². The van der Waals surface area contributed by atoms with Crippen LogP contribution in [0.15, 0.2) is 42.6 Å². The van der Waals surface area contributed by atoms with Crippen LogP contribution in [0.1, 0.15) is 11.4 Å². The highest BCUT2D eigenvalue weighted by Gasteiger charge is 2.36. The first-order chi connectivity index (χ1) is 10.4. The van der Waals surface area contributed by atoms with Gasteiger partial charge in [0, 0.05) is 11.8 Å². The quantitative estimate of drug-likeness (QED) is 0.737. The van der Waals surface area contributed by atoms with Gasteiger partial charge < -0.3 is 5.73 Å². The molecule has 1 aromatic carbocycles. The first kappa shape index (κ1) is 14.5. The van der Waals surface area contributed by atoms with Gasteiger partial charge in [-0.15, -0.1) is 5.10 Å². The summed E-state index contributed by atoms with van der Waals surface area (Å²) in [5, 5.41) is 3.48. The van der Waals surface area contributed by atoms with Crippen molar-refractivity contribution in [3.05, 3.63) is 54.0 Å². The minimum Gasteiger partial charge on any atom is -0.389 e. The van der Waals surface area contributed by atoms with Gasteiger partial charge in [-0.1, -0.05) is 42.5 Å². The molecular weight excluding hydrogens is 313 g/mol. The second-order valence-corrected chi connectivity index (χ2v) is 5.01. The number of pyridine rings is 1. The van der Waals surface area contributed by atoms with Gasteiger partial charge in [0.15, 0.2) is 5.65 Å². The minimum absolute atomic E-state index is 0.0143. The summed E-state index contributed by atoms with van der Waals surface area (Å²) in [7, 11) is 0. The Balaban J connectivity index is 2.28. The third kappa shape index (κ3) is 2.52. The molecule has 0 fully saturated rings. The molecule has 0 radical (unpaired) electrons. The van der Waals surface area contributed by atoms with Crippen LogP contribution < -0.4 is 5.73 Å². The average Bonchev–Trinajstić information content (AvgIpc) is 2.91. The molecule has 3 rings (SSSR count). The zero-order valence-electron chi connectivity index (χ0n) is 11.0. The Labute approximate surface area is 128 Å². The lowest BCUT2D eigenvalue weighted by molar-refractivity contribution is -0.144. The van der Waals surface area contributed by atoms with Crippen LogP contribution in [-0.4, -0.2) is 19.6 Å². The van der Waals surface area contributed by atoms with Gasteiger partial charge in [-0.25, -0.2) is 9.50 Å². The van der Waals surface area contributed by atoms with Crippen LogP contribution in [0, 0.1) is 0 Å². The standard InChI is InChI=1S/C14H9F3N4S/c15-14(16,17)13-19-12-10(11(18)22)6-9(7-21(12)20-13)8-4-2-1-3-5-8/h1-7H,(H2,18,22). The molecule has 0 spiro atoms. The van der Waals surface area contributed by atoms with E-state index < -0.39 is 12.0 Å². The minimum atomic E-state index is -4.63. The van der Waals surface area contributed by atoms with Crippen molar-refractivity contribution in [1.29, 1.82) is 0 Å². The summed E-state index contributed by atoms with van der Waals surface area (Å²) in [6.07, 6.45) is -3.17. The van der Waals surface area contributed by atoms with Gasteiger partial charge in [0.25, 0.3) is 5.82 Å². The number of nitrogens with zero attached hydrogens (tertiary/aromatic N) is 3. The summed E-state index contributed by atoms with van der Waals surface area (Å²) in [5.41, 5.74) is 7.31. The second-order valence-electron chi connectivity index (χ2n) is 4.57. The van der Waals surface area contributed by atoms with Crippen LogP contribution in [0.4, 0.5) is 13.2 Å². The molecule has 4 nitrogen and oxygen atoms in total. The van der Waals surface area contributed by atoms with Crippen molar-refractivity contribution in [2.75, 3.05) is 0 Å². The van der Waals surface area contributed by atoms with Gasteiger partial charge in [-0.2, -0.15) is 13.2 Å². The normalized spacial score (nSPS) is 11.8. The van der Waals surface area contributed by atoms with E-state index in [1.165, 1.54) is 6.20 Å². The fraction of sp³-hybridized carbons (Fsp3) is 0.0714. The Morgan fingerprint density at radius 2 is 1.82 bits per heavy atom. The first-order valence-corrected chi connectivity index (χ1v) is 6.60. The number of nitrogens with two attached hydrogens (primary N) is 1. The highest BCUT2D eigenvalue weighted by atomic mass is 32.1. The van der Waals surface area contributed by atoms with Gasteiger partial charge in [-0.3, -0.25) is 0 Å². The molecule has 0 aliphatic carbocycles. The molecule has 0 atom stereocenters. The number of rotatable bonds is 2. The van der Waals surface area contributed by atoms with Crippen molar-refractivity contribution in [2.24, 2.45) is 5.73 Å². The monoisotopic (exact) mass is 322 g/mol. The van der Waals surface area contributed by atoms with Crippen molar-refractivity contribution in [1.82, 2.24) is 14.6 Å². The summed E-state index contributed by atoms with van der Waals surface area (Å²) < 4.78 is 39.4. The van der Waals surface area contributed by atoms with Gasteiger partial charge in [0.05, 0.1) is 5.56 Å². The van der Waals surface area contributed by atoms with Crippen LogP contribution in [-0.2, 0) is 6.18 Å². The Bertz CT molecular complexity index is 856. The molecule has 0 aliphatic rings. The molecule has 112 valence electrons. The first-order valence-electron chi connectivity index (χ1n) is 6.19. The Hall–Kier alpha value is -2.48. The van der Waals surface area contributed by atoms with E-state index in [9.17, 15) is 13.2 Å². The molecule has 0 aliphatic heterocycles. The number of alkyl halides is 3. The number of hydrogen-bond donors (Lipinski definition) is 1. The maximum Gasteiger partial charge on any atom is 0.453 e. The van der Waals surface area contributed by atoms with E-state index in [1.807, 2.05) is 30.3 Å². The molecule has 2 aromatic heterocycles. The molecule has 2 heterocycles. The third-order valence-electron chi connectivity index (χ3n) is 3.06. The lowest BCUT2D eigenvalue weighted by Gasteiger charge is -2.06. The zero-order valence-corrected chi connectivity index (χ0v) is 11.8. The molecule has 2 N–H and O–H groups in total. The van der Waals surface area contributed by atoms with Gasteiger partial charge in [0.1, 0.15) is 4.99 Å². The largest absolute Gasteiger partial charge is 0.453 e. The van der Waals surface area contributed by atoms with E-state index in [4.69, 9.17) is 18.0 Å². The fourth-order valence-electron chi connectivity index (χ4n) is 2.08. The van der Waals surface area contributed by atoms with Gasteiger partial charge in [0.2, 0.25) is 0 Å². The summed E-state index contributed by atoms with van der Waals surface area (Å²) in [6, 6.07) is 10.7. The summed E-state index contributed by atoms with van der Waals surface area (Å²) >= 11 is 4.92. The van der Waals surface area contributed by atoms with Crippen LogP contribution in [0.25, 0.3) is 16.8 Å². The number of hydrogen-bond acceptors (Lipinski definition) is 3. The predicted molar refractivity (Wildman–Crippen MR) is 79.3 cm³/mol. The van der Waals surface area contributed by atoms with E-state index in [-0.39, 0.29) is 16.2 Å². The fourth-order valence-corrected chi connectivity index (χ4v) is 2.23. The molecule has 8 heteroatoms. The molecule has 22 heavy (non-hydrogen) atoms. The highest BCUT2D eigenvalue weighted by Crippen LogP contribution is 2.28. The highest BCUT2D eigenvalue weighted by molar-refractivity contribution is 7.80. The topological polar surface area (TPSA) is 56.2 Å². The van der Waals surface area contributed by atoms with Crippen molar-refractivity contribution < 1.29 is 13.2 Å². The number of benzene rings is 1. The summed E-state index contributed by atoms with van der Waals surface area (Å²) in [4.78, 5) is 3.46. The van der Waals surface area contributed by atoms with E-state index in [1.54, 1.807) is 6.07 Å². The van der Waals surface area contributed by atoms with E-state index in [2.05, 4.69) is 10.1 Å². The van der Waals surface area contributed by atoms with Crippen molar-refractivity contribution >= 4 is 22.9 Å². The maximum absolute atomic E-state index is 12.8. The Morgan fingerprint density at radius 3 is 2.41 bits per heavy atom. The van der Waals surface area contributed by atoms with Crippen molar-refractivity contribution in [2.45, 2.75) is 6.18 Å². The van der Waals surface area contributed by atoms with Crippen LogP contribution >= 0.6 is 12.2 Å². The molecule has 0 unspecified atom stereocenters. The molecule has 0 amide bonds. The van der Waals surface area contributed by atoms with Crippen LogP contribution in [0.3, 0.4) is 0 Å². The van der Waals surface area contributed by atoms with E-state index in [0.29, 0.717) is 5.56 Å². The van der Waals surface area contributed by atoms with Crippen molar-refractivity contribution in [3.8, 4) is 11.1 Å². The molecule has 0 saturated carbocycles. The Kier molecular flexibility index (Phi) is 3.32. The molecule has 0 saturated heterocycles. The zero-order chi connectivity index (χ0) is 15.9. The molecule has 0 bridgehead atoms.